The van der Waals surface area contributed by atoms with Crippen LogP contribution < -0.4 is 5.32 Å². The van der Waals surface area contributed by atoms with Crippen molar-refractivity contribution in [3.8, 4) is 0 Å². The monoisotopic (exact) mass is 354 g/mol. The SMILES string of the molecule is CN1CCC2CNC2C1.O=C(O)C(F)(F)F.O=C(O)C(F)(F)F. The molecule has 0 bridgehead atoms. The van der Waals surface area contributed by atoms with Crippen molar-refractivity contribution in [2.75, 3.05) is 26.7 Å². The summed E-state index contributed by atoms with van der Waals surface area (Å²) in [7, 11) is 2.20. The summed E-state index contributed by atoms with van der Waals surface area (Å²) in [5.74, 6) is -4.50. The van der Waals surface area contributed by atoms with E-state index < -0.39 is 24.3 Å². The second kappa shape index (κ2) is 8.34. The first-order valence-corrected chi connectivity index (χ1v) is 6.27. The van der Waals surface area contributed by atoms with Crippen molar-refractivity contribution in [2.45, 2.75) is 24.8 Å². The van der Waals surface area contributed by atoms with Gasteiger partial charge in [0.15, 0.2) is 0 Å². The molecule has 12 heteroatoms. The number of hydrogen-bond acceptors (Lipinski definition) is 4. The molecular formula is C11H16F6N2O4. The molecular weight excluding hydrogens is 338 g/mol. The van der Waals surface area contributed by atoms with Crippen molar-refractivity contribution in [3.05, 3.63) is 0 Å². The maximum atomic E-state index is 10.6. The molecule has 0 aromatic rings. The number of likely N-dealkylation sites (tertiary alicyclic amines) is 1. The number of fused-ring (bicyclic) bond motifs is 1. The fourth-order valence-electron chi connectivity index (χ4n) is 1.78. The Hall–Kier alpha value is -1.56. The predicted molar refractivity (Wildman–Crippen MR) is 64.8 cm³/mol. The summed E-state index contributed by atoms with van der Waals surface area (Å²) in [6.07, 6.45) is -8.76. The van der Waals surface area contributed by atoms with Crippen LogP contribution in [0.2, 0.25) is 0 Å². The summed E-state index contributed by atoms with van der Waals surface area (Å²) >= 11 is 0. The van der Waals surface area contributed by atoms with E-state index >= 15 is 0 Å². The highest BCUT2D eigenvalue weighted by molar-refractivity contribution is 5.73. The van der Waals surface area contributed by atoms with Gasteiger partial charge in [-0.05, 0) is 32.5 Å². The molecule has 2 fully saturated rings. The molecule has 136 valence electrons. The van der Waals surface area contributed by atoms with Gasteiger partial charge in [0.05, 0.1) is 0 Å². The van der Waals surface area contributed by atoms with Crippen LogP contribution in [0.15, 0.2) is 0 Å². The minimum absolute atomic E-state index is 0.837. The standard InChI is InChI=1S/C7H14N2.2C2HF3O2/c1-9-3-2-6-4-8-7(6)5-9;2*3-2(4,5)1(6)7/h6-8H,2-5H2,1H3;2*(H,6,7). The van der Waals surface area contributed by atoms with Gasteiger partial charge in [0, 0.05) is 12.6 Å². The molecule has 6 nitrogen and oxygen atoms in total. The lowest BCUT2D eigenvalue weighted by Crippen LogP contribution is -2.61. The Kier molecular flexibility index (Phi) is 7.77. The lowest BCUT2D eigenvalue weighted by atomic mass is 9.85. The van der Waals surface area contributed by atoms with Crippen molar-refractivity contribution in [3.63, 3.8) is 0 Å². The third kappa shape index (κ3) is 8.59. The van der Waals surface area contributed by atoms with Crippen molar-refractivity contribution in [2.24, 2.45) is 5.92 Å². The minimum atomic E-state index is -5.08. The van der Waals surface area contributed by atoms with Gasteiger partial charge in [-0.15, -0.1) is 0 Å². The van der Waals surface area contributed by atoms with E-state index in [2.05, 4.69) is 17.3 Å². The van der Waals surface area contributed by atoms with Crippen LogP contribution in [0, 0.1) is 5.92 Å². The largest absolute Gasteiger partial charge is 0.490 e. The highest BCUT2D eigenvalue weighted by atomic mass is 19.4. The van der Waals surface area contributed by atoms with E-state index in [1.807, 2.05) is 0 Å². The van der Waals surface area contributed by atoms with Gasteiger partial charge in [-0.3, -0.25) is 0 Å². The normalized spacial score (nSPS) is 24.0. The number of hydrogen-bond donors (Lipinski definition) is 3. The molecule has 2 atom stereocenters. The van der Waals surface area contributed by atoms with E-state index in [1.165, 1.54) is 26.1 Å². The van der Waals surface area contributed by atoms with Gasteiger partial charge in [0.25, 0.3) is 0 Å². The van der Waals surface area contributed by atoms with E-state index in [9.17, 15) is 26.3 Å². The molecule has 0 spiro atoms. The number of nitrogens with zero attached hydrogens (tertiary/aromatic N) is 1. The van der Waals surface area contributed by atoms with E-state index in [1.54, 1.807) is 0 Å². The lowest BCUT2D eigenvalue weighted by Gasteiger charge is -2.45. The number of aliphatic carboxylic acids is 2. The van der Waals surface area contributed by atoms with Crippen LogP contribution in [0.3, 0.4) is 0 Å². The number of piperidine rings is 1. The quantitative estimate of drug-likeness (QED) is 0.566. The first-order chi connectivity index (χ1) is 10.2. The second-order valence-electron chi connectivity index (χ2n) is 4.93. The number of likely N-dealkylation sites (N-methyl/N-ethyl adjacent to an activating group) is 1. The molecule has 0 aliphatic carbocycles. The average molecular weight is 354 g/mol. The molecule has 23 heavy (non-hydrogen) atoms. The summed E-state index contributed by atoms with van der Waals surface area (Å²) in [5, 5.41) is 17.7. The van der Waals surface area contributed by atoms with Gasteiger partial charge in [-0.1, -0.05) is 0 Å². The summed E-state index contributed by atoms with van der Waals surface area (Å²) < 4.78 is 63.5. The molecule has 2 saturated heterocycles. The fourth-order valence-corrected chi connectivity index (χ4v) is 1.78. The summed E-state index contributed by atoms with van der Waals surface area (Å²) in [6, 6.07) is 0.837. The third-order valence-corrected chi connectivity index (χ3v) is 3.09. The van der Waals surface area contributed by atoms with Crippen LogP contribution in [-0.2, 0) is 9.59 Å². The van der Waals surface area contributed by atoms with Crippen molar-refractivity contribution in [1.29, 1.82) is 0 Å². The Bertz CT molecular complexity index is 388. The highest BCUT2D eigenvalue weighted by Crippen LogP contribution is 2.22. The number of rotatable bonds is 0. The Morgan fingerprint density at radius 3 is 1.61 bits per heavy atom. The van der Waals surface area contributed by atoms with Gasteiger partial charge in [-0.2, -0.15) is 26.3 Å². The molecule has 0 amide bonds. The molecule has 0 radical (unpaired) electrons. The van der Waals surface area contributed by atoms with Crippen LogP contribution >= 0.6 is 0 Å². The third-order valence-electron chi connectivity index (χ3n) is 3.09. The number of alkyl halides is 6. The van der Waals surface area contributed by atoms with Crippen molar-refractivity contribution < 1.29 is 46.1 Å². The number of halogens is 6. The molecule has 0 aromatic carbocycles. The summed E-state index contributed by atoms with van der Waals surface area (Å²) in [4.78, 5) is 20.2. The molecule has 2 unspecified atom stereocenters. The zero-order valence-corrected chi connectivity index (χ0v) is 11.9. The maximum absolute atomic E-state index is 10.6. The van der Waals surface area contributed by atoms with Gasteiger partial charge < -0.3 is 20.4 Å². The molecule has 2 rings (SSSR count). The summed E-state index contributed by atoms with van der Waals surface area (Å²) in [6.45, 7) is 3.85. The van der Waals surface area contributed by atoms with E-state index in [0.717, 1.165) is 12.0 Å². The maximum Gasteiger partial charge on any atom is 0.490 e. The topological polar surface area (TPSA) is 89.9 Å². The fraction of sp³-hybridized carbons (Fsp3) is 0.818. The number of carbonyl (C=O) groups is 2. The van der Waals surface area contributed by atoms with E-state index in [0.29, 0.717) is 0 Å². The van der Waals surface area contributed by atoms with Crippen LogP contribution in [0.5, 0.6) is 0 Å². The first-order valence-electron chi connectivity index (χ1n) is 6.27. The zero-order chi connectivity index (χ0) is 18.4. The smallest absolute Gasteiger partial charge is 0.475 e. The van der Waals surface area contributed by atoms with Crippen LogP contribution in [-0.4, -0.2) is 72.1 Å². The predicted octanol–water partition coefficient (Wildman–Crippen LogP) is 1.18. The molecule has 0 aromatic heterocycles. The van der Waals surface area contributed by atoms with Crippen molar-refractivity contribution in [1.82, 2.24) is 10.2 Å². The van der Waals surface area contributed by atoms with Gasteiger partial charge in [-0.25, -0.2) is 9.59 Å². The second-order valence-corrected chi connectivity index (χ2v) is 4.93. The van der Waals surface area contributed by atoms with Gasteiger partial charge in [0.2, 0.25) is 0 Å². The van der Waals surface area contributed by atoms with Crippen LogP contribution in [0.1, 0.15) is 6.42 Å². The molecule has 3 N–H and O–H groups in total. The molecule has 2 heterocycles. The Morgan fingerprint density at radius 2 is 1.43 bits per heavy atom. The lowest BCUT2D eigenvalue weighted by molar-refractivity contribution is -0.193. The van der Waals surface area contributed by atoms with Gasteiger partial charge >= 0.3 is 24.3 Å². The van der Waals surface area contributed by atoms with Crippen LogP contribution in [0.4, 0.5) is 26.3 Å². The van der Waals surface area contributed by atoms with E-state index in [4.69, 9.17) is 19.8 Å². The minimum Gasteiger partial charge on any atom is -0.475 e. The molecule has 2 aliphatic rings. The highest BCUT2D eigenvalue weighted by Gasteiger charge is 2.38. The van der Waals surface area contributed by atoms with E-state index in [-0.39, 0.29) is 0 Å². The van der Waals surface area contributed by atoms with Crippen LogP contribution in [0.25, 0.3) is 0 Å². The number of nitrogens with one attached hydrogen (secondary N) is 1. The summed E-state index contributed by atoms with van der Waals surface area (Å²) in [5.41, 5.74) is 0. The number of carboxylic acids is 2. The number of carboxylic acid groups (broad SMARTS) is 2. The Labute approximate surface area is 127 Å². The first kappa shape index (κ1) is 21.4. The van der Waals surface area contributed by atoms with Crippen molar-refractivity contribution >= 4 is 11.9 Å². The Morgan fingerprint density at radius 1 is 1.04 bits per heavy atom. The average Bonchev–Trinajstić information content (AvgIpc) is 2.32. The Balaban J connectivity index is 0.000000322. The zero-order valence-electron chi connectivity index (χ0n) is 11.9. The van der Waals surface area contributed by atoms with Gasteiger partial charge in [0.1, 0.15) is 0 Å². The molecule has 2 aliphatic heterocycles. The molecule has 0 saturated carbocycles.